The lowest BCUT2D eigenvalue weighted by atomic mass is 9.98. The maximum atomic E-state index is 14.7. The summed E-state index contributed by atoms with van der Waals surface area (Å²) in [5.74, 6) is -2.72. The SMILES string of the molecule is CC.CNCc1c(-c2cc(C(=O)N(C)C)ccc2C)nc(S(C)(=O)=O)nc1N(C=O)c1c(F)cccc1F. The van der Waals surface area contributed by atoms with Crippen LogP contribution in [0, 0.1) is 18.6 Å². The third kappa shape index (κ3) is 6.37. The summed E-state index contributed by atoms with van der Waals surface area (Å²) in [6, 6.07) is 7.90. The number of sulfone groups is 1. The molecule has 1 heterocycles. The van der Waals surface area contributed by atoms with Crippen LogP contribution in [0.3, 0.4) is 0 Å². The van der Waals surface area contributed by atoms with Gasteiger partial charge in [-0.15, -0.1) is 0 Å². The Kier molecular flexibility index (Phi) is 10.1. The lowest BCUT2D eigenvalue weighted by molar-refractivity contribution is -0.107. The second kappa shape index (κ2) is 12.7. The molecule has 1 aromatic heterocycles. The molecule has 0 aliphatic carbocycles. The molecular formula is C26H31F2N5O4S. The Hall–Kier alpha value is -3.77. The lowest BCUT2D eigenvalue weighted by Gasteiger charge is -2.23. The molecule has 0 aliphatic heterocycles. The van der Waals surface area contributed by atoms with Crippen molar-refractivity contribution in [2.24, 2.45) is 0 Å². The zero-order valence-corrected chi connectivity index (χ0v) is 23.2. The molecule has 3 aromatic rings. The van der Waals surface area contributed by atoms with Crippen molar-refractivity contribution in [3.8, 4) is 11.3 Å². The number of anilines is 2. The molecule has 0 aliphatic rings. The van der Waals surface area contributed by atoms with Gasteiger partial charge in [0.25, 0.3) is 5.91 Å². The number of hydrogen-bond acceptors (Lipinski definition) is 7. The van der Waals surface area contributed by atoms with Crippen molar-refractivity contribution in [3.63, 3.8) is 0 Å². The molecule has 12 heteroatoms. The van der Waals surface area contributed by atoms with Crippen LogP contribution in [0.5, 0.6) is 0 Å². The highest BCUT2D eigenvalue weighted by Crippen LogP contribution is 2.36. The molecule has 3 rings (SSSR count). The van der Waals surface area contributed by atoms with Crippen molar-refractivity contribution in [1.29, 1.82) is 0 Å². The summed E-state index contributed by atoms with van der Waals surface area (Å²) in [6.45, 7) is 5.73. The third-order valence-electron chi connectivity index (χ3n) is 5.31. The molecule has 0 spiro atoms. The normalized spacial score (nSPS) is 10.9. The Bertz CT molecular complexity index is 1430. The van der Waals surface area contributed by atoms with E-state index in [2.05, 4.69) is 15.3 Å². The average Bonchev–Trinajstić information content (AvgIpc) is 2.87. The van der Waals surface area contributed by atoms with Crippen LogP contribution in [0.25, 0.3) is 11.3 Å². The third-order valence-corrected chi connectivity index (χ3v) is 6.15. The molecule has 38 heavy (non-hydrogen) atoms. The Labute approximate surface area is 221 Å². The minimum Gasteiger partial charge on any atom is -0.345 e. The number of rotatable bonds is 8. The van der Waals surface area contributed by atoms with E-state index >= 15 is 0 Å². The van der Waals surface area contributed by atoms with Gasteiger partial charge in [0.2, 0.25) is 21.4 Å². The van der Waals surface area contributed by atoms with Crippen LogP contribution in [-0.2, 0) is 21.2 Å². The number of halogens is 2. The van der Waals surface area contributed by atoms with Gasteiger partial charge in [0.05, 0.1) is 5.69 Å². The van der Waals surface area contributed by atoms with Crippen molar-refractivity contribution in [2.45, 2.75) is 32.5 Å². The van der Waals surface area contributed by atoms with Gasteiger partial charge in [-0.1, -0.05) is 26.0 Å². The molecule has 0 saturated heterocycles. The van der Waals surface area contributed by atoms with Crippen molar-refractivity contribution in [1.82, 2.24) is 20.2 Å². The zero-order chi connectivity index (χ0) is 28.8. The molecule has 2 amide bonds. The number of aromatic nitrogens is 2. The molecule has 2 aromatic carbocycles. The van der Waals surface area contributed by atoms with E-state index in [0.29, 0.717) is 21.6 Å². The number of nitrogens with zero attached hydrogens (tertiary/aromatic N) is 4. The van der Waals surface area contributed by atoms with Gasteiger partial charge in [-0.25, -0.2) is 22.2 Å². The van der Waals surface area contributed by atoms with Crippen molar-refractivity contribution in [2.75, 3.05) is 32.3 Å². The number of amides is 2. The summed E-state index contributed by atoms with van der Waals surface area (Å²) in [6.07, 6.45) is 1.03. The largest absolute Gasteiger partial charge is 0.345 e. The molecule has 0 atom stereocenters. The lowest BCUT2D eigenvalue weighted by Crippen LogP contribution is -2.24. The van der Waals surface area contributed by atoms with Gasteiger partial charge in [-0.2, -0.15) is 4.98 Å². The number of benzene rings is 2. The first-order valence-electron chi connectivity index (χ1n) is 11.7. The van der Waals surface area contributed by atoms with Gasteiger partial charge in [0.15, 0.2) is 0 Å². The average molecular weight is 548 g/mol. The van der Waals surface area contributed by atoms with Gasteiger partial charge in [0, 0.05) is 43.6 Å². The Morgan fingerprint density at radius 1 is 1.08 bits per heavy atom. The monoisotopic (exact) mass is 547 g/mol. The molecular weight excluding hydrogens is 516 g/mol. The van der Waals surface area contributed by atoms with Gasteiger partial charge >= 0.3 is 0 Å². The number of nitrogens with one attached hydrogen (secondary N) is 1. The van der Waals surface area contributed by atoms with Gasteiger partial charge in [-0.3, -0.25) is 14.5 Å². The maximum absolute atomic E-state index is 14.7. The Morgan fingerprint density at radius 2 is 1.68 bits per heavy atom. The van der Waals surface area contributed by atoms with E-state index < -0.39 is 32.3 Å². The van der Waals surface area contributed by atoms with E-state index in [9.17, 15) is 26.8 Å². The van der Waals surface area contributed by atoms with Crippen LogP contribution in [0.4, 0.5) is 20.3 Å². The Balaban J connectivity index is 0.00000247. The fourth-order valence-electron chi connectivity index (χ4n) is 3.58. The molecule has 0 bridgehead atoms. The fraction of sp³-hybridized carbons (Fsp3) is 0.308. The molecule has 1 N–H and O–H groups in total. The fourth-order valence-corrected chi connectivity index (χ4v) is 4.08. The Morgan fingerprint density at radius 3 is 2.18 bits per heavy atom. The highest BCUT2D eigenvalue weighted by molar-refractivity contribution is 7.90. The quantitative estimate of drug-likeness (QED) is 0.336. The maximum Gasteiger partial charge on any atom is 0.253 e. The summed E-state index contributed by atoms with van der Waals surface area (Å²) in [4.78, 5) is 35.1. The number of aryl methyl sites for hydroxylation is 1. The summed E-state index contributed by atoms with van der Waals surface area (Å²) >= 11 is 0. The van der Waals surface area contributed by atoms with Crippen LogP contribution in [0.1, 0.15) is 35.3 Å². The summed E-state index contributed by atoms with van der Waals surface area (Å²) in [5.41, 5.74) is 0.899. The van der Waals surface area contributed by atoms with Crippen molar-refractivity contribution >= 4 is 33.7 Å². The predicted molar refractivity (Wildman–Crippen MR) is 142 cm³/mol. The van der Waals surface area contributed by atoms with Crippen molar-refractivity contribution < 1.29 is 26.8 Å². The molecule has 0 fully saturated rings. The van der Waals surface area contributed by atoms with E-state index in [4.69, 9.17) is 0 Å². The van der Waals surface area contributed by atoms with Gasteiger partial charge in [0.1, 0.15) is 23.1 Å². The number of carbonyl (C=O) groups excluding carboxylic acids is 2. The molecule has 9 nitrogen and oxygen atoms in total. The number of para-hydroxylation sites is 1. The van der Waals surface area contributed by atoms with Crippen molar-refractivity contribution in [3.05, 3.63) is 64.7 Å². The standard InChI is InChI=1S/C24H25F2N5O4S.C2H6/c1-14-9-10-15(23(33)30(3)4)11-16(14)20-17(12-27-2)22(29-24(28-20)36(5,34)35)31(13-32)21-18(25)7-6-8-19(21)26;1-2/h6-11,13,27H,12H2,1-5H3;1-2H3. The van der Waals surface area contributed by atoms with E-state index in [1.807, 2.05) is 13.8 Å². The van der Waals surface area contributed by atoms with E-state index in [-0.39, 0.29) is 35.9 Å². The number of carbonyl (C=O) groups is 2. The van der Waals surface area contributed by atoms with Crippen LogP contribution >= 0.6 is 0 Å². The van der Waals surface area contributed by atoms with Crippen LogP contribution in [-0.4, -0.2) is 63.0 Å². The predicted octanol–water partition coefficient (Wildman–Crippen LogP) is 3.88. The second-order valence-electron chi connectivity index (χ2n) is 8.23. The first kappa shape index (κ1) is 30.5. The molecule has 0 radical (unpaired) electrons. The summed E-state index contributed by atoms with van der Waals surface area (Å²) < 4.78 is 54.4. The van der Waals surface area contributed by atoms with Crippen LogP contribution in [0.15, 0.2) is 41.6 Å². The molecule has 204 valence electrons. The van der Waals surface area contributed by atoms with Crippen LogP contribution < -0.4 is 10.2 Å². The zero-order valence-electron chi connectivity index (χ0n) is 22.3. The first-order chi connectivity index (χ1) is 17.9. The highest BCUT2D eigenvalue weighted by atomic mass is 32.2. The van der Waals surface area contributed by atoms with Gasteiger partial charge < -0.3 is 10.2 Å². The molecule has 0 saturated carbocycles. The highest BCUT2D eigenvalue weighted by Gasteiger charge is 2.28. The van der Waals surface area contributed by atoms with E-state index in [1.54, 1.807) is 46.3 Å². The van der Waals surface area contributed by atoms with E-state index in [0.717, 1.165) is 24.5 Å². The molecule has 0 unspecified atom stereocenters. The number of hydrogen-bond donors (Lipinski definition) is 1. The van der Waals surface area contributed by atoms with Gasteiger partial charge in [-0.05, 0) is 43.8 Å². The van der Waals surface area contributed by atoms with E-state index in [1.165, 1.54) is 4.90 Å². The second-order valence-corrected chi connectivity index (χ2v) is 10.1. The first-order valence-corrected chi connectivity index (χ1v) is 13.6. The summed E-state index contributed by atoms with van der Waals surface area (Å²) in [5, 5.41) is 2.24. The van der Waals surface area contributed by atoms with Crippen LogP contribution in [0.2, 0.25) is 0 Å². The summed E-state index contributed by atoms with van der Waals surface area (Å²) in [7, 11) is 0.731. The topological polar surface area (TPSA) is 113 Å². The minimum atomic E-state index is -4.03. The smallest absolute Gasteiger partial charge is 0.253 e. The minimum absolute atomic E-state index is 0.000412.